The van der Waals surface area contributed by atoms with Crippen molar-refractivity contribution >= 4 is 17.8 Å². The fraction of sp³-hybridized carbons (Fsp3) is 0.583. The van der Waals surface area contributed by atoms with Gasteiger partial charge >= 0.3 is 6.03 Å². The normalized spacial score (nSPS) is 19.4. The van der Waals surface area contributed by atoms with Crippen LogP contribution in [0.15, 0.2) is 4.99 Å². The molecule has 0 fully saturated rings. The van der Waals surface area contributed by atoms with Crippen LogP contribution in [0.5, 0.6) is 0 Å². The molecule has 6 nitrogen and oxygen atoms in total. The molecule has 1 rings (SSSR count). The monoisotopic (exact) mass is 250 g/mol. The number of terminal acetylenes is 1. The summed E-state index contributed by atoms with van der Waals surface area (Å²) in [5, 5.41) is 2.80. The number of hydrogen-bond acceptors (Lipinski definition) is 3. The van der Waals surface area contributed by atoms with Crippen molar-refractivity contribution in [1.29, 1.82) is 0 Å². The van der Waals surface area contributed by atoms with E-state index in [1.54, 1.807) is 0 Å². The third-order valence-electron chi connectivity index (χ3n) is 2.34. The summed E-state index contributed by atoms with van der Waals surface area (Å²) in [5.74, 6) is 2.30. The molecule has 18 heavy (non-hydrogen) atoms. The third kappa shape index (κ3) is 3.48. The lowest BCUT2D eigenvalue weighted by Gasteiger charge is -2.25. The van der Waals surface area contributed by atoms with Gasteiger partial charge in [0.2, 0.25) is 5.91 Å². The molecule has 6 heteroatoms. The highest BCUT2D eigenvalue weighted by molar-refractivity contribution is 6.04. The van der Waals surface area contributed by atoms with Gasteiger partial charge in [-0.3, -0.25) is 4.79 Å². The molecule has 0 bridgehead atoms. The Morgan fingerprint density at radius 1 is 1.61 bits per heavy atom. The number of carbonyl (C=O) groups is 2. The second-order valence-electron chi connectivity index (χ2n) is 5.17. The van der Waals surface area contributed by atoms with E-state index in [0.717, 1.165) is 0 Å². The van der Waals surface area contributed by atoms with Gasteiger partial charge in [0.25, 0.3) is 0 Å². The van der Waals surface area contributed by atoms with Gasteiger partial charge in [-0.15, -0.1) is 6.42 Å². The maximum absolute atomic E-state index is 11.8. The molecule has 1 atom stereocenters. The molecular formula is C12H18N4O2. The minimum atomic E-state index is -0.545. The van der Waals surface area contributed by atoms with E-state index in [1.807, 2.05) is 20.8 Å². The lowest BCUT2D eigenvalue weighted by atomic mass is 10.1. The standard InChI is InChI=1S/C12H18N4O2/c1-5-6-16-8(10(13)14-11(16)18)7-9(17)15-12(2,3)4/h1,8H,6-7H2,2-4H3,(H,15,17)(H2,13,14,18). The van der Waals surface area contributed by atoms with Gasteiger partial charge in [-0.1, -0.05) is 5.92 Å². The molecule has 0 saturated heterocycles. The largest absolute Gasteiger partial charge is 0.385 e. The van der Waals surface area contributed by atoms with Crippen LogP contribution in [-0.4, -0.2) is 40.8 Å². The van der Waals surface area contributed by atoms with Gasteiger partial charge in [0.05, 0.1) is 13.0 Å². The van der Waals surface area contributed by atoms with E-state index in [9.17, 15) is 9.59 Å². The topological polar surface area (TPSA) is 87.8 Å². The van der Waals surface area contributed by atoms with E-state index in [0.29, 0.717) is 0 Å². The summed E-state index contributed by atoms with van der Waals surface area (Å²) in [5.41, 5.74) is 5.31. The molecule has 0 saturated carbocycles. The van der Waals surface area contributed by atoms with Crippen molar-refractivity contribution in [3.05, 3.63) is 0 Å². The first-order valence-electron chi connectivity index (χ1n) is 5.63. The fourth-order valence-corrected chi connectivity index (χ4v) is 1.68. The number of hydrogen-bond donors (Lipinski definition) is 2. The maximum atomic E-state index is 11.8. The average molecular weight is 250 g/mol. The van der Waals surface area contributed by atoms with Gasteiger partial charge in [0.15, 0.2) is 0 Å². The van der Waals surface area contributed by atoms with Crippen LogP contribution in [0.1, 0.15) is 27.2 Å². The van der Waals surface area contributed by atoms with Crippen molar-refractivity contribution in [1.82, 2.24) is 10.2 Å². The molecule has 1 heterocycles. The van der Waals surface area contributed by atoms with Crippen LogP contribution < -0.4 is 11.1 Å². The molecule has 1 aliphatic heterocycles. The van der Waals surface area contributed by atoms with E-state index in [4.69, 9.17) is 12.2 Å². The molecule has 98 valence electrons. The maximum Gasteiger partial charge on any atom is 0.346 e. The average Bonchev–Trinajstić information content (AvgIpc) is 2.42. The molecule has 3 amide bonds. The summed E-state index contributed by atoms with van der Waals surface area (Å²) >= 11 is 0. The SMILES string of the molecule is C#CCN1C(=O)N=C(N)C1CC(=O)NC(C)(C)C. The highest BCUT2D eigenvalue weighted by Gasteiger charge is 2.34. The van der Waals surface area contributed by atoms with E-state index in [1.165, 1.54) is 4.90 Å². The van der Waals surface area contributed by atoms with Crippen molar-refractivity contribution < 1.29 is 9.59 Å². The zero-order valence-electron chi connectivity index (χ0n) is 10.9. The first kappa shape index (κ1) is 14.0. The molecule has 0 spiro atoms. The zero-order chi connectivity index (χ0) is 13.9. The van der Waals surface area contributed by atoms with Gasteiger partial charge < -0.3 is 16.0 Å². The number of urea groups is 1. The molecule has 1 aliphatic rings. The Kier molecular flexibility index (Phi) is 3.96. The third-order valence-corrected chi connectivity index (χ3v) is 2.34. The number of amidine groups is 1. The van der Waals surface area contributed by atoms with Crippen LogP contribution >= 0.6 is 0 Å². The van der Waals surface area contributed by atoms with Crippen molar-refractivity contribution in [2.45, 2.75) is 38.8 Å². The van der Waals surface area contributed by atoms with Crippen LogP contribution in [-0.2, 0) is 4.79 Å². The number of nitrogens with zero attached hydrogens (tertiary/aromatic N) is 2. The Hall–Kier alpha value is -2.03. The summed E-state index contributed by atoms with van der Waals surface area (Å²) in [6.45, 7) is 5.72. The Bertz CT molecular complexity index is 428. The molecule has 1 unspecified atom stereocenters. The zero-order valence-corrected chi connectivity index (χ0v) is 10.9. The van der Waals surface area contributed by atoms with E-state index in [2.05, 4.69) is 16.2 Å². The van der Waals surface area contributed by atoms with E-state index >= 15 is 0 Å². The van der Waals surface area contributed by atoms with Crippen molar-refractivity contribution in [3.63, 3.8) is 0 Å². The Labute approximate surface area is 107 Å². The number of nitrogens with two attached hydrogens (primary N) is 1. The summed E-state index contributed by atoms with van der Waals surface area (Å²) in [6, 6.07) is -1.03. The Balaban J connectivity index is 2.70. The summed E-state index contributed by atoms with van der Waals surface area (Å²) < 4.78 is 0. The quantitative estimate of drug-likeness (QED) is 0.696. The Morgan fingerprint density at radius 2 is 2.22 bits per heavy atom. The molecule has 0 aliphatic carbocycles. The lowest BCUT2D eigenvalue weighted by molar-refractivity contribution is -0.123. The van der Waals surface area contributed by atoms with Gasteiger partial charge in [0.1, 0.15) is 11.9 Å². The molecule has 3 N–H and O–H groups in total. The van der Waals surface area contributed by atoms with Crippen LogP contribution in [0.2, 0.25) is 0 Å². The number of amides is 3. The van der Waals surface area contributed by atoms with Gasteiger partial charge in [0, 0.05) is 5.54 Å². The Morgan fingerprint density at radius 3 is 2.72 bits per heavy atom. The van der Waals surface area contributed by atoms with Gasteiger partial charge in [-0.05, 0) is 20.8 Å². The van der Waals surface area contributed by atoms with E-state index in [-0.39, 0.29) is 30.2 Å². The second kappa shape index (κ2) is 5.08. The highest BCUT2D eigenvalue weighted by Crippen LogP contribution is 2.14. The van der Waals surface area contributed by atoms with E-state index < -0.39 is 12.1 Å². The molecule has 0 aromatic rings. The second-order valence-corrected chi connectivity index (χ2v) is 5.17. The molecular weight excluding hydrogens is 232 g/mol. The first-order chi connectivity index (χ1) is 8.24. The van der Waals surface area contributed by atoms with Crippen molar-refractivity contribution in [2.75, 3.05) is 6.54 Å². The molecule has 0 aromatic carbocycles. The minimum absolute atomic E-state index is 0.0695. The molecule has 0 radical (unpaired) electrons. The van der Waals surface area contributed by atoms with Crippen molar-refractivity contribution in [3.8, 4) is 12.3 Å². The van der Waals surface area contributed by atoms with Crippen molar-refractivity contribution in [2.24, 2.45) is 10.7 Å². The minimum Gasteiger partial charge on any atom is -0.385 e. The number of aliphatic imine (C=N–C) groups is 1. The van der Waals surface area contributed by atoms with Crippen LogP contribution in [0.25, 0.3) is 0 Å². The van der Waals surface area contributed by atoms with Crippen LogP contribution in [0, 0.1) is 12.3 Å². The van der Waals surface area contributed by atoms with Crippen LogP contribution in [0.4, 0.5) is 4.79 Å². The number of carbonyl (C=O) groups excluding carboxylic acids is 2. The van der Waals surface area contributed by atoms with Crippen LogP contribution in [0.3, 0.4) is 0 Å². The summed E-state index contributed by atoms with van der Waals surface area (Å²) in [4.78, 5) is 28.2. The lowest BCUT2D eigenvalue weighted by Crippen LogP contribution is -2.47. The number of nitrogens with one attached hydrogen (secondary N) is 1. The predicted molar refractivity (Wildman–Crippen MR) is 68.9 cm³/mol. The highest BCUT2D eigenvalue weighted by atomic mass is 16.2. The smallest absolute Gasteiger partial charge is 0.346 e. The fourth-order valence-electron chi connectivity index (χ4n) is 1.68. The summed E-state index contributed by atoms with van der Waals surface area (Å²) in [6.07, 6.45) is 5.24. The van der Waals surface area contributed by atoms with Gasteiger partial charge in [-0.2, -0.15) is 4.99 Å². The number of rotatable bonds is 3. The molecule has 0 aromatic heterocycles. The summed E-state index contributed by atoms with van der Waals surface area (Å²) in [7, 11) is 0. The first-order valence-corrected chi connectivity index (χ1v) is 5.63. The van der Waals surface area contributed by atoms with Gasteiger partial charge in [-0.25, -0.2) is 4.79 Å². The predicted octanol–water partition coefficient (Wildman–Crippen LogP) is 0.0858.